The van der Waals surface area contributed by atoms with Crippen LogP contribution in [0.15, 0.2) is 6.20 Å². The zero-order chi connectivity index (χ0) is 18.7. The summed E-state index contributed by atoms with van der Waals surface area (Å²) in [6, 6.07) is 0.307. The molecule has 7 nitrogen and oxygen atoms in total. The lowest BCUT2D eigenvalue weighted by molar-refractivity contribution is 0.104. The Morgan fingerprint density at radius 3 is 2.76 bits per heavy atom. The number of anilines is 1. The molecule has 0 aliphatic rings. The van der Waals surface area contributed by atoms with Crippen molar-refractivity contribution < 1.29 is 19.4 Å². The summed E-state index contributed by atoms with van der Waals surface area (Å²) in [6.07, 6.45) is 3.47. The van der Waals surface area contributed by atoms with Crippen LogP contribution in [-0.4, -0.2) is 48.1 Å². The molecule has 25 heavy (non-hydrogen) atoms. The lowest BCUT2D eigenvalue weighted by Gasteiger charge is -2.13. The van der Waals surface area contributed by atoms with E-state index in [-0.39, 0.29) is 6.61 Å². The minimum absolute atomic E-state index is 0.146. The van der Waals surface area contributed by atoms with Gasteiger partial charge in [0.05, 0.1) is 12.8 Å². The fourth-order valence-corrected chi connectivity index (χ4v) is 2.60. The lowest BCUT2D eigenvalue weighted by Crippen LogP contribution is -2.35. The van der Waals surface area contributed by atoms with Crippen molar-refractivity contribution in [1.82, 2.24) is 10.3 Å². The molecule has 0 aromatic carbocycles. The van der Waals surface area contributed by atoms with E-state index in [0.717, 1.165) is 19.3 Å². The predicted octanol–water partition coefficient (Wildman–Crippen LogP) is 3.26. The van der Waals surface area contributed by atoms with Crippen LogP contribution in [0.25, 0.3) is 0 Å². The van der Waals surface area contributed by atoms with Crippen LogP contribution in [0.2, 0.25) is 0 Å². The van der Waals surface area contributed by atoms with Crippen molar-refractivity contribution in [2.45, 2.75) is 59.1 Å². The summed E-state index contributed by atoms with van der Waals surface area (Å²) in [5.41, 5.74) is 0. The van der Waals surface area contributed by atoms with Gasteiger partial charge in [-0.3, -0.25) is 5.32 Å². The first-order chi connectivity index (χ1) is 11.9. The normalized spacial score (nSPS) is 12.4. The molecule has 0 bridgehead atoms. The van der Waals surface area contributed by atoms with Gasteiger partial charge in [-0.05, 0) is 18.8 Å². The smallest absolute Gasteiger partial charge is 0.412 e. The van der Waals surface area contributed by atoms with Crippen molar-refractivity contribution in [2.24, 2.45) is 5.92 Å². The van der Waals surface area contributed by atoms with E-state index in [2.05, 4.69) is 29.5 Å². The monoisotopic (exact) mass is 373 g/mol. The van der Waals surface area contributed by atoms with Gasteiger partial charge in [0.2, 0.25) is 0 Å². The number of ether oxygens (including phenoxy) is 2. The van der Waals surface area contributed by atoms with Crippen molar-refractivity contribution in [3.05, 3.63) is 6.20 Å². The second-order valence-electron chi connectivity index (χ2n) is 6.67. The number of thiazole rings is 1. The molecule has 1 aromatic heterocycles. The average molecular weight is 374 g/mol. The Bertz CT molecular complexity index is 494. The molecular formula is C17H31N3O4S. The predicted molar refractivity (Wildman–Crippen MR) is 100 cm³/mol. The summed E-state index contributed by atoms with van der Waals surface area (Å²) >= 11 is 1.20. The Kier molecular flexibility index (Phi) is 10.4. The topological polar surface area (TPSA) is 92.7 Å². The number of nitrogens with zero attached hydrogens (tertiary/aromatic N) is 1. The van der Waals surface area contributed by atoms with Gasteiger partial charge in [0, 0.05) is 12.6 Å². The standard InChI is InChI=1S/C17H31N3O4S/c1-12(2)7-5-6-8-23-16(22)20-15-10-19-17(25-15)24-11-14(21)9-18-13(3)4/h10,12-14,18,21H,5-9,11H2,1-4H3,(H,20,22). The Balaban J connectivity index is 2.20. The van der Waals surface area contributed by atoms with E-state index in [9.17, 15) is 9.90 Å². The second-order valence-corrected chi connectivity index (χ2v) is 7.66. The summed E-state index contributed by atoms with van der Waals surface area (Å²) in [4.78, 5) is 15.8. The van der Waals surface area contributed by atoms with Crippen molar-refractivity contribution >= 4 is 22.4 Å². The molecule has 0 aliphatic carbocycles. The van der Waals surface area contributed by atoms with Gasteiger partial charge in [-0.25, -0.2) is 9.78 Å². The number of amides is 1. The van der Waals surface area contributed by atoms with E-state index in [1.54, 1.807) is 0 Å². The first-order valence-corrected chi connectivity index (χ1v) is 9.62. The summed E-state index contributed by atoms with van der Waals surface area (Å²) < 4.78 is 10.6. The van der Waals surface area contributed by atoms with Gasteiger partial charge in [0.15, 0.2) is 0 Å². The van der Waals surface area contributed by atoms with Gasteiger partial charge in [0.25, 0.3) is 5.19 Å². The summed E-state index contributed by atoms with van der Waals surface area (Å²) in [7, 11) is 0. The Morgan fingerprint density at radius 1 is 1.32 bits per heavy atom. The molecule has 1 atom stereocenters. The lowest BCUT2D eigenvalue weighted by atomic mass is 10.1. The van der Waals surface area contributed by atoms with E-state index < -0.39 is 12.2 Å². The molecule has 0 aliphatic heterocycles. The minimum atomic E-state index is -0.612. The maximum atomic E-state index is 11.7. The van der Waals surface area contributed by atoms with Crippen molar-refractivity contribution in [3.8, 4) is 5.19 Å². The summed E-state index contributed by atoms with van der Waals surface area (Å²) in [5.74, 6) is 0.670. The molecule has 1 amide bonds. The molecule has 8 heteroatoms. The van der Waals surface area contributed by atoms with Gasteiger partial charge in [-0.15, -0.1) is 0 Å². The molecule has 1 heterocycles. The average Bonchev–Trinajstić information content (AvgIpc) is 2.97. The Morgan fingerprint density at radius 2 is 2.08 bits per heavy atom. The van der Waals surface area contributed by atoms with E-state index >= 15 is 0 Å². The molecule has 144 valence electrons. The first-order valence-electron chi connectivity index (χ1n) is 8.80. The highest BCUT2D eigenvalue weighted by atomic mass is 32.1. The highest BCUT2D eigenvalue weighted by molar-refractivity contribution is 7.17. The number of nitrogens with one attached hydrogen (secondary N) is 2. The van der Waals surface area contributed by atoms with Gasteiger partial charge in [-0.1, -0.05) is 45.5 Å². The van der Waals surface area contributed by atoms with Crippen LogP contribution in [0.4, 0.5) is 9.80 Å². The third-order valence-electron chi connectivity index (χ3n) is 3.28. The Hall–Kier alpha value is -1.38. The maximum absolute atomic E-state index is 11.7. The van der Waals surface area contributed by atoms with E-state index in [1.807, 2.05) is 13.8 Å². The Labute approximate surface area is 154 Å². The molecule has 1 aromatic rings. The summed E-state index contributed by atoms with van der Waals surface area (Å²) in [6.45, 7) is 9.39. The third-order valence-corrected chi connectivity index (χ3v) is 4.10. The van der Waals surface area contributed by atoms with Crippen LogP contribution in [0, 0.1) is 5.92 Å². The van der Waals surface area contributed by atoms with Crippen molar-refractivity contribution in [3.63, 3.8) is 0 Å². The van der Waals surface area contributed by atoms with Crippen molar-refractivity contribution in [2.75, 3.05) is 25.1 Å². The number of aliphatic hydroxyl groups is 1. The van der Waals surface area contributed by atoms with Crippen LogP contribution in [0.5, 0.6) is 5.19 Å². The number of aliphatic hydroxyl groups excluding tert-OH is 1. The highest BCUT2D eigenvalue weighted by Gasteiger charge is 2.10. The molecular weight excluding hydrogens is 342 g/mol. The number of carbonyl (C=O) groups excluding carboxylic acids is 1. The van der Waals surface area contributed by atoms with E-state index in [4.69, 9.17) is 9.47 Å². The van der Waals surface area contributed by atoms with Crippen LogP contribution < -0.4 is 15.4 Å². The van der Waals surface area contributed by atoms with E-state index in [0.29, 0.717) is 35.3 Å². The molecule has 1 rings (SSSR count). The maximum Gasteiger partial charge on any atom is 0.412 e. The number of carbonyl (C=O) groups is 1. The third kappa shape index (κ3) is 11.0. The van der Waals surface area contributed by atoms with Gasteiger partial charge in [0.1, 0.15) is 17.7 Å². The quantitative estimate of drug-likeness (QED) is 0.487. The molecule has 0 fully saturated rings. The largest absolute Gasteiger partial charge is 0.467 e. The number of hydrogen-bond acceptors (Lipinski definition) is 7. The summed E-state index contributed by atoms with van der Waals surface area (Å²) in [5, 5.41) is 16.5. The SMILES string of the molecule is CC(C)CCCCOC(=O)Nc1cnc(OCC(O)CNC(C)C)s1. The van der Waals surface area contributed by atoms with Gasteiger partial charge < -0.3 is 19.9 Å². The molecule has 1 unspecified atom stereocenters. The number of unbranched alkanes of at least 4 members (excludes halogenated alkanes) is 1. The highest BCUT2D eigenvalue weighted by Crippen LogP contribution is 2.25. The van der Waals surface area contributed by atoms with Crippen LogP contribution in [-0.2, 0) is 4.74 Å². The van der Waals surface area contributed by atoms with Crippen LogP contribution in [0.1, 0.15) is 47.0 Å². The molecule has 0 radical (unpaired) electrons. The number of hydrogen-bond donors (Lipinski definition) is 3. The van der Waals surface area contributed by atoms with Crippen molar-refractivity contribution in [1.29, 1.82) is 0 Å². The van der Waals surface area contributed by atoms with E-state index in [1.165, 1.54) is 17.5 Å². The first kappa shape index (κ1) is 21.7. The molecule has 0 spiro atoms. The molecule has 0 saturated carbocycles. The van der Waals surface area contributed by atoms with Crippen LogP contribution in [0.3, 0.4) is 0 Å². The van der Waals surface area contributed by atoms with Crippen LogP contribution >= 0.6 is 11.3 Å². The minimum Gasteiger partial charge on any atom is -0.467 e. The van der Waals surface area contributed by atoms with Gasteiger partial charge >= 0.3 is 6.09 Å². The zero-order valence-corrected chi connectivity index (χ0v) is 16.4. The number of rotatable bonds is 12. The number of aromatic nitrogens is 1. The fraction of sp³-hybridized carbons (Fsp3) is 0.765. The zero-order valence-electron chi connectivity index (χ0n) is 15.6. The van der Waals surface area contributed by atoms with Gasteiger partial charge in [-0.2, -0.15) is 0 Å². The fourth-order valence-electron chi connectivity index (χ4n) is 1.94. The molecule has 0 saturated heterocycles. The molecule has 3 N–H and O–H groups in total. The second kappa shape index (κ2) is 12.1.